The van der Waals surface area contributed by atoms with E-state index in [2.05, 4.69) is 382 Å². The number of fused-ring (bicyclic) bond motifs is 9. The molecule has 0 bridgehead atoms. The monoisotopic (exact) mass is 1290 g/mol. The highest BCUT2D eigenvalue weighted by molar-refractivity contribution is 7.26. The summed E-state index contributed by atoms with van der Waals surface area (Å²) in [6.45, 7) is 6.97. The average Bonchev–Trinajstić information content (AvgIpc) is 0.779. The second kappa shape index (κ2) is 23.9. The smallest absolute Gasteiger partial charge is 0.252 e. The van der Waals surface area contributed by atoms with Gasteiger partial charge in [-0.25, -0.2) is 0 Å². The Morgan fingerprint density at radius 3 is 1.10 bits per heavy atom. The number of anilines is 6. The highest BCUT2D eigenvalue weighted by atomic mass is 32.1. The van der Waals surface area contributed by atoms with Gasteiger partial charge in [0, 0.05) is 65.2 Å². The molecular formula is C96H67BN2S. The maximum absolute atomic E-state index is 2.70. The van der Waals surface area contributed by atoms with E-state index in [1.807, 2.05) is 11.3 Å². The van der Waals surface area contributed by atoms with Crippen molar-refractivity contribution in [2.45, 2.75) is 26.2 Å². The number of hydrogen-bond donors (Lipinski definition) is 0. The fourth-order valence-corrected chi connectivity index (χ4v) is 17.6. The van der Waals surface area contributed by atoms with Crippen LogP contribution in [0.3, 0.4) is 0 Å². The molecule has 2 aliphatic heterocycles. The Hall–Kier alpha value is -12.1. The number of benzene rings is 16. The van der Waals surface area contributed by atoms with Crippen LogP contribution in [0.2, 0.25) is 0 Å². The zero-order valence-corrected chi connectivity index (χ0v) is 56.7. The summed E-state index contributed by atoms with van der Waals surface area (Å²) in [7, 11) is 0. The van der Waals surface area contributed by atoms with E-state index in [0.29, 0.717) is 0 Å². The van der Waals surface area contributed by atoms with Crippen LogP contribution in [0.15, 0.2) is 352 Å². The number of nitrogens with zero attached hydrogens (tertiary/aromatic N) is 2. The SMILES string of the molecule is CC(C)(C)c1cc2c3c(c1)N(c1c(-c4ccccc4)cccc1-c1ccccc1)c1cc(-c4cccc5c4sc4ccccc45)ccc1B3c1ccc(-c3ccc4c(-c5ccccc5)c5ccccc5c(-c5ccccc5)c4c3)cc1N2c1c(-c2ccccc2)cccc1-c1ccccc1. The lowest BCUT2D eigenvalue weighted by Crippen LogP contribution is -2.61. The topological polar surface area (TPSA) is 6.48 Å². The van der Waals surface area contributed by atoms with Crippen molar-refractivity contribution in [1.29, 1.82) is 0 Å². The maximum Gasteiger partial charge on any atom is 0.252 e. The van der Waals surface area contributed by atoms with Crippen molar-refractivity contribution < 1.29 is 0 Å². The molecule has 2 nitrogen and oxygen atoms in total. The first kappa shape index (κ1) is 59.2. The molecule has 17 aromatic rings. The molecule has 2 aliphatic rings. The zero-order chi connectivity index (χ0) is 66.6. The molecule has 1 aromatic heterocycles. The van der Waals surface area contributed by atoms with E-state index < -0.39 is 0 Å². The van der Waals surface area contributed by atoms with E-state index in [1.165, 1.54) is 103 Å². The van der Waals surface area contributed by atoms with E-state index in [1.54, 1.807) is 0 Å². The van der Waals surface area contributed by atoms with Crippen LogP contribution in [-0.2, 0) is 5.41 Å². The van der Waals surface area contributed by atoms with Gasteiger partial charge < -0.3 is 9.80 Å². The summed E-state index contributed by atoms with van der Waals surface area (Å²) in [5.41, 5.74) is 30.4. The highest BCUT2D eigenvalue weighted by Crippen LogP contribution is 2.55. The summed E-state index contributed by atoms with van der Waals surface area (Å²) in [4.78, 5) is 5.40. The number of rotatable bonds is 10. The van der Waals surface area contributed by atoms with Crippen molar-refractivity contribution in [3.8, 4) is 89.0 Å². The summed E-state index contributed by atoms with van der Waals surface area (Å²) >= 11 is 1.89. The standard InChI is InChI=1S/C96H67BN2S/c1-96(2,3)71-60-87-92-88(61-71)99(94-74(64-33-14-6-15-34-64)46-27-47-75(94)65-35-16-7-17-36-65)86-59-70(76-48-28-49-81-77-41-24-25-50-89(77)100-95(76)81)53-56-84(86)97(92)83-55-52-69(58-85(83)98(87)93-72(62-29-10-4-11-30-62)44-26-45-73(93)63-31-12-5-13-32-63)68-51-54-80-82(57-68)91(67-39-20-9-21-40-67)79-43-23-22-42-78(79)90(80)66-37-18-8-19-38-66/h4-61H,1-3H3. The fourth-order valence-electron chi connectivity index (χ4n) is 16.4. The molecule has 4 heteroatoms. The molecule has 0 saturated heterocycles. The summed E-state index contributed by atoms with van der Waals surface area (Å²) < 4.78 is 2.59. The molecule has 0 aliphatic carbocycles. The normalized spacial score (nSPS) is 12.5. The Labute approximate surface area is 588 Å². The lowest BCUT2D eigenvalue weighted by molar-refractivity contribution is 0.590. The Balaban J connectivity index is 0.948. The first-order chi connectivity index (χ1) is 49.3. The molecule has 0 amide bonds. The largest absolute Gasteiger partial charge is 0.310 e. The van der Waals surface area contributed by atoms with Gasteiger partial charge in [-0.15, -0.1) is 11.3 Å². The number of thiophene rings is 1. The molecule has 19 rings (SSSR count). The van der Waals surface area contributed by atoms with Crippen molar-refractivity contribution in [3.05, 3.63) is 357 Å². The molecule has 470 valence electrons. The van der Waals surface area contributed by atoms with Crippen LogP contribution in [0.4, 0.5) is 34.1 Å². The lowest BCUT2D eigenvalue weighted by Gasteiger charge is -2.46. The quantitative estimate of drug-likeness (QED) is 0.0995. The molecule has 0 radical (unpaired) electrons. The molecule has 0 atom stereocenters. The molecular weight excluding hydrogens is 1220 g/mol. The Bertz CT molecular complexity index is 5940. The van der Waals surface area contributed by atoms with Crippen LogP contribution in [0, 0.1) is 0 Å². The van der Waals surface area contributed by atoms with Crippen molar-refractivity contribution in [2.24, 2.45) is 0 Å². The third-order valence-corrected chi connectivity index (χ3v) is 22.2. The summed E-state index contributed by atoms with van der Waals surface area (Å²) in [5, 5.41) is 7.50. The molecule has 100 heavy (non-hydrogen) atoms. The minimum atomic E-state index is -0.299. The van der Waals surface area contributed by atoms with Gasteiger partial charge in [0.1, 0.15) is 0 Å². The predicted octanol–water partition coefficient (Wildman–Crippen LogP) is 25.1. The number of para-hydroxylation sites is 2. The molecule has 3 heterocycles. The van der Waals surface area contributed by atoms with Gasteiger partial charge in [-0.3, -0.25) is 0 Å². The number of hydrogen-bond acceptors (Lipinski definition) is 3. The van der Waals surface area contributed by atoms with Crippen LogP contribution in [-0.4, -0.2) is 6.71 Å². The predicted molar refractivity (Wildman–Crippen MR) is 431 cm³/mol. The Morgan fingerprint density at radius 2 is 0.620 bits per heavy atom. The van der Waals surface area contributed by atoms with E-state index in [0.717, 1.165) is 84.1 Å². The molecule has 0 N–H and O–H groups in total. The second-order valence-corrected chi connectivity index (χ2v) is 28.8. The Kier molecular flexibility index (Phi) is 14.1. The fraction of sp³-hybridized carbons (Fsp3) is 0.0417. The van der Waals surface area contributed by atoms with E-state index in [-0.39, 0.29) is 12.1 Å². The van der Waals surface area contributed by atoms with Crippen molar-refractivity contribution in [2.75, 3.05) is 9.80 Å². The second-order valence-electron chi connectivity index (χ2n) is 27.8. The summed E-state index contributed by atoms with van der Waals surface area (Å²) in [6, 6.07) is 132. The van der Waals surface area contributed by atoms with Crippen LogP contribution < -0.4 is 26.2 Å². The van der Waals surface area contributed by atoms with Gasteiger partial charge in [0.15, 0.2) is 0 Å². The molecule has 16 aromatic carbocycles. The Morgan fingerprint density at radius 1 is 0.260 bits per heavy atom. The highest BCUT2D eigenvalue weighted by Gasteiger charge is 2.46. The van der Waals surface area contributed by atoms with Gasteiger partial charge in [0.25, 0.3) is 6.71 Å². The zero-order valence-electron chi connectivity index (χ0n) is 55.9. The van der Waals surface area contributed by atoms with Crippen molar-refractivity contribution in [1.82, 2.24) is 0 Å². The summed E-state index contributed by atoms with van der Waals surface area (Å²) in [5.74, 6) is 0. The van der Waals surface area contributed by atoms with Gasteiger partial charge in [0.2, 0.25) is 0 Å². The van der Waals surface area contributed by atoms with Gasteiger partial charge in [-0.1, -0.05) is 336 Å². The van der Waals surface area contributed by atoms with Gasteiger partial charge >= 0.3 is 0 Å². The van der Waals surface area contributed by atoms with E-state index >= 15 is 0 Å². The maximum atomic E-state index is 2.70. The van der Waals surface area contributed by atoms with Crippen LogP contribution in [0.5, 0.6) is 0 Å². The molecule has 0 fully saturated rings. The first-order valence-corrected chi connectivity index (χ1v) is 35.7. The molecule has 0 unspecified atom stereocenters. The average molecular weight is 1290 g/mol. The van der Waals surface area contributed by atoms with Gasteiger partial charge in [-0.2, -0.15) is 0 Å². The molecule has 0 saturated carbocycles. The molecule has 0 spiro atoms. The lowest BCUT2D eigenvalue weighted by atomic mass is 9.33. The van der Waals surface area contributed by atoms with Crippen molar-refractivity contribution in [3.63, 3.8) is 0 Å². The van der Waals surface area contributed by atoms with Crippen LogP contribution in [0.25, 0.3) is 131 Å². The van der Waals surface area contributed by atoms with Gasteiger partial charge in [-0.05, 0) is 152 Å². The van der Waals surface area contributed by atoms with E-state index in [4.69, 9.17) is 0 Å². The minimum Gasteiger partial charge on any atom is -0.310 e. The van der Waals surface area contributed by atoms with Crippen LogP contribution in [0.1, 0.15) is 26.3 Å². The summed E-state index contributed by atoms with van der Waals surface area (Å²) in [6.07, 6.45) is 0. The van der Waals surface area contributed by atoms with Crippen LogP contribution >= 0.6 is 11.3 Å². The third-order valence-electron chi connectivity index (χ3n) is 21.0. The third kappa shape index (κ3) is 9.69. The van der Waals surface area contributed by atoms with E-state index in [9.17, 15) is 0 Å². The minimum absolute atomic E-state index is 0.200. The van der Waals surface area contributed by atoms with Gasteiger partial charge in [0.05, 0.1) is 11.4 Å². The van der Waals surface area contributed by atoms with Crippen molar-refractivity contribution >= 4 is 110 Å². The first-order valence-electron chi connectivity index (χ1n) is 34.8.